The first-order chi connectivity index (χ1) is 8.22. The number of benzene rings is 1. The van der Waals surface area contributed by atoms with E-state index in [0.29, 0.717) is 5.56 Å². The molecule has 5 nitrogen and oxygen atoms in total. The van der Waals surface area contributed by atoms with Gasteiger partial charge in [0.25, 0.3) is 0 Å². The Kier molecular flexibility index (Phi) is 2.01. The molecule has 0 saturated heterocycles. The van der Waals surface area contributed by atoms with E-state index in [0.717, 1.165) is 24.1 Å². The molecule has 0 aliphatic heterocycles. The monoisotopic (exact) mass is 229 g/mol. The second-order valence-corrected chi connectivity index (χ2v) is 4.32. The lowest BCUT2D eigenvalue weighted by molar-refractivity contribution is 0.0696. The molecule has 1 aliphatic rings. The number of hydrogen-bond acceptors (Lipinski definition) is 3. The third kappa shape index (κ3) is 1.51. The molecule has 86 valence electrons. The van der Waals surface area contributed by atoms with Gasteiger partial charge in [-0.25, -0.2) is 4.79 Å². The van der Waals surface area contributed by atoms with Crippen LogP contribution in [0.4, 0.5) is 0 Å². The quantitative estimate of drug-likeness (QED) is 0.837. The smallest absolute Gasteiger partial charge is 0.335 e. The number of rotatable bonds is 3. The number of carbonyl (C=O) groups is 1. The molecule has 0 atom stereocenters. The Hall–Kier alpha value is -2.17. The van der Waals surface area contributed by atoms with Gasteiger partial charge in [-0.2, -0.15) is 15.4 Å². The Morgan fingerprint density at radius 3 is 2.82 bits per heavy atom. The lowest BCUT2D eigenvalue weighted by Crippen LogP contribution is -2.10. The molecule has 1 aliphatic carbocycles. The van der Waals surface area contributed by atoms with Gasteiger partial charge in [-0.05, 0) is 30.5 Å². The van der Waals surface area contributed by atoms with E-state index in [1.807, 2.05) is 6.07 Å². The van der Waals surface area contributed by atoms with Gasteiger partial charge in [0.2, 0.25) is 0 Å². The van der Waals surface area contributed by atoms with Crippen molar-refractivity contribution in [1.82, 2.24) is 15.4 Å². The van der Waals surface area contributed by atoms with Gasteiger partial charge in [-0.1, -0.05) is 12.1 Å². The van der Waals surface area contributed by atoms with Crippen LogP contribution < -0.4 is 0 Å². The summed E-state index contributed by atoms with van der Waals surface area (Å²) in [6.45, 7) is 0. The molecule has 3 rings (SSSR count). The molecule has 2 N–H and O–H groups in total. The topological polar surface area (TPSA) is 78.9 Å². The van der Waals surface area contributed by atoms with Gasteiger partial charge in [0, 0.05) is 5.41 Å². The summed E-state index contributed by atoms with van der Waals surface area (Å²) >= 11 is 0. The summed E-state index contributed by atoms with van der Waals surface area (Å²) in [6.07, 6.45) is 3.69. The average molecular weight is 229 g/mol. The molecule has 0 unspecified atom stereocenters. The number of H-pyrrole nitrogens is 1. The number of carboxylic acid groups (broad SMARTS) is 1. The highest BCUT2D eigenvalue weighted by Crippen LogP contribution is 2.52. The van der Waals surface area contributed by atoms with Crippen molar-refractivity contribution in [2.75, 3.05) is 0 Å². The van der Waals surface area contributed by atoms with Crippen LogP contribution in [0.3, 0.4) is 0 Å². The Bertz CT molecular complexity index is 559. The summed E-state index contributed by atoms with van der Waals surface area (Å²) in [5.74, 6) is -0.900. The second kappa shape index (κ2) is 3.41. The van der Waals surface area contributed by atoms with Crippen LogP contribution in [0.2, 0.25) is 0 Å². The van der Waals surface area contributed by atoms with Crippen molar-refractivity contribution in [3.63, 3.8) is 0 Å². The number of hydrogen-bond donors (Lipinski definition) is 2. The first-order valence-corrected chi connectivity index (χ1v) is 5.42. The summed E-state index contributed by atoms with van der Waals surface area (Å²) in [5.41, 5.74) is 2.09. The predicted octanol–water partition coefficient (Wildman–Crippen LogP) is 1.58. The lowest BCUT2D eigenvalue weighted by atomic mass is 9.91. The van der Waals surface area contributed by atoms with E-state index in [2.05, 4.69) is 15.4 Å². The second-order valence-electron chi connectivity index (χ2n) is 4.32. The fraction of sp³-hybridized carbons (Fsp3) is 0.250. The summed E-state index contributed by atoms with van der Waals surface area (Å²) in [6, 6.07) is 7.06. The molecular weight excluding hydrogens is 218 g/mol. The first-order valence-electron chi connectivity index (χ1n) is 5.42. The molecule has 1 heterocycles. The highest BCUT2D eigenvalue weighted by Gasteiger charge is 2.48. The Morgan fingerprint density at radius 2 is 2.24 bits per heavy atom. The van der Waals surface area contributed by atoms with E-state index in [1.54, 1.807) is 24.4 Å². The summed E-state index contributed by atoms with van der Waals surface area (Å²) in [7, 11) is 0. The zero-order valence-corrected chi connectivity index (χ0v) is 9.05. The molecule has 0 radical (unpaired) electrons. The van der Waals surface area contributed by atoms with E-state index in [4.69, 9.17) is 5.11 Å². The van der Waals surface area contributed by atoms with Crippen LogP contribution in [0, 0.1) is 0 Å². The summed E-state index contributed by atoms with van der Waals surface area (Å²) < 4.78 is 0. The van der Waals surface area contributed by atoms with Gasteiger partial charge < -0.3 is 5.11 Å². The minimum atomic E-state index is -0.900. The first kappa shape index (κ1) is 10.0. The van der Waals surface area contributed by atoms with Crippen LogP contribution in [0.15, 0.2) is 30.5 Å². The standard InChI is InChI=1S/C12H11N3O2/c16-11(17)8-2-1-3-9(6-8)12(4-5-12)10-7-13-15-14-10/h1-3,6-7H,4-5H2,(H,16,17)(H,13,14,15). The third-order valence-corrected chi connectivity index (χ3v) is 3.32. The SMILES string of the molecule is O=C(O)c1cccc(C2(c3cn[nH]n3)CC2)c1. The number of aromatic nitrogens is 3. The maximum absolute atomic E-state index is 11.0. The lowest BCUT2D eigenvalue weighted by Gasteiger charge is -2.12. The molecule has 1 fully saturated rings. The minimum Gasteiger partial charge on any atom is -0.478 e. The van der Waals surface area contributed by atoms with Crippen LogP contribution >= 0.6 is 0 Å². The van der Waals surface area contributed by atoms with Gasteiger partial charge >= 0.3 is 5.97 Å². The Balaban J connectivity index is 2.05. The number of aromatic amines is 1. The van der Waals surface area contributed by atoms with Crippen molar-refractivity contribution in [3.05, 3.63) is 47.3 Å². The van der Waals surface area contributed by atoms with E-state index in [-0.39, 0.29) is 5.41 Å². The average Bonchev–Trinajstić information content (AvgIpc) is 2.97. The normalized spacial score (nSPS) is 16.7. The van der Waals surface area contributed by atoms with Crippen molar-refractivity contribution < 1.29 is 9.90 Å². The molecule has 1 aromatic carbocycles. The van der Waals surface area contributed by atoms with E-state index in [1.165, 1.54) is 0 Å². The van der Waals surface area contributed by atoms with Crippen LogP contribution in [0.25, 0.3) is 0 Å². The molecule has 2 aromatic rings. The Morgan fingerprint density at radius 1 is 1.41 bits per heavy atom. The fourth-order valence-corrected chi connectivity index (χ4v) is 2.20. The van der Waals surface area contributed by atoms with E-state index >= 15 is 0 Å². The molecular formula is C12H11N3O2. The van der Waals surface area contributed by atoms with Crippen molar-refractivity contribution in [1.29, 1.82) is 0 Å². The van der Waals surface area contributed by atoms with Crippen LogP contribution in [-0.2, 0) is 5.41 Å². The van der Waals surface area contributed by atoms with Crippen molar-refractivity contribution in [2.45, 2.75) is 18.3 Å². The van der Waals surface area contributed by atoms with Crippen molar-refractivity contribution >= 4 is 5.97 Å². The largest absolute Gasteiger partial charge is 0.478 e. The summed E-state index contributed by atoms with van der Waals surface area (Å²) in [5, 5.41) is 19.5. The van der Waals surface area contributed by atoms with Crippen LogP contribution in [0.1, 0.15) is 34.5 Å². The molecule has 5 heteroatoms. The predicted molar refractivity (Wildman–Crippen MR) is 59.8 cm³/mol. The van der Waals surface area contributed by atoms with Crippen LogP contribution in [0.5, 0.6) is 0 Å². The van der Waals surface area contributed by atoms with E-state index < -0.39 is 5.97 Å². The molecule has 17 heavy (non-hydrogen) atoms. The van der Waals surface area contributed by atoms with Gasteiger partial charge in [-0.3, -0.25) is 0 Å². The van der Waals surface area contributed by atoms with Crippen molar-refractivity contribution in [3.8, 4) is 0 Å². The number of nitrogens with zero attached hydrogens (tertiary/aromatic N) is 2. The molecule has 0 amide bonds. The molecule has 0 spiro atoms. The fourth-order valence-electron chi connectivity index (χ4n) is 2.20. The number of nitrogens with one attached hydrogen (secondary N) is 1. The third-order valence-electron chi connectivity index (χ3n) is 3.32. The van der Waals surface area contributed by atoms with E-state index in [9.17, 15) is 4.79 Å². The summed E-state index contributed by atoms with van der Waals surface area (Å²) in [4.78, 5) is 11.0. The van der Waals surface area contributed by atoms with Gasteiger partial charge in [-0.15, -0.1) is 0 Å². The highest BCUT2D eigenvalue weighted by molar-refractivity contribution is 5.87. The number of aromatic carboxylic acids is 1. The Labute approximate surface area is 97.5 Å². The molecule has 1 aromatic heterocycles. The van der Waals surface area contributed by atoms with Crippen LogP contribution in [-0.4, -0.2) is 26.5 Å². The van der Waals surface area contributed by atoms with Gasteiger partial charge in [0.15, 0.2) is 0 Å². The maximum atomic E-state index is 11.0. The van der Waals surface area contributed by atoms with Gasteiger partial charge in [0.05, 0.1) is 17.5 Å². The zero-order valence-electron chi connectivity index (χ0n) is 9.05. The highest BCUT2D eigenvalue weighted by atomic mass is 16.4. The molecule has 1 saturated carbocycles. The molecule has 0 bridgehead atoms. The zero-order chi connectivity index (χ0) is 11.9. The number of carboxylic acids is 1. The van der Waals surface area contributed by atoms with Crippen molar-refractivity contribution in [2.24, 2.45) is 0 Å². The minimum absolute atomic E-state index is 0.127. The van der Waals surface area contributed by atoms with Gasteiger partial charge in [0.1, 0.15) is 0 Å². The maximum Gasteiger partial charge on any atom is 0.335 e.